The van der Waals surface area contributed by atoms with Gasteiger partial charge in [-0.2, -0.15) is 0 Å². The Balaban J connectivity index is 1.51. The van der Waals surface area contributed by atoms with Crippen LogP contribution in [-0.2, 0) is 6.54 Å². The second kappa shape index (κ2) is 8.81. The van der Waals surface area contributed by atoms with Gasteiger partial charge >= 0.3 is 6.03 Å². The van der Waals surface area contributed by atoms with E-state index in [0.717, 1.165) is 12.0 Å². The fourth-order valence-corrected chi connectivity index (χ4v) is 3.09. The van der Waals surface area contributed by atoms with Crippen LogP contribution in [-0.4, -0.2) is 49.3 Å². The maximum atomic E-state index is 12.4. The minimum Gasteiger partial charge on any atom is -0.493 e. The molecule has 1 aromatic carbocycles. The molecule has 7 nitrogen and oxygen atoms in total. The number of pyridine rings is 1. The highest BCUT2D eigenvalue weighted by atomic mass is 35.5. The number of aromatic nitrogens is 1. The number of carbonyl (C=O) groups excluding carboxylic acids is 1. The van der Waals surface area contributed by atoms with Crippen molar-refractivity contribution in [2.45, 2.75) is 19.1 Å². The predicted molar refractivity (Wildman–Crippen MR) is 102 cm³/mol. The van der Waals surface area contributed by atoms with Crippen molar-refractivity contribution in [2.75, 3.05) is 27.3 Å². The summed E-state index contributed by atoms with van der Waals surface area (Å²) in [5, 5.41) is 3.39. The van der Waals surface area contributed by atoms with Crippen molar-refractivity contribution in [3.8, 4) is 17.2 Å². The fraction of sp³-hybridized carbons (Fsp3) is 0.368. The van der Waals surface area contributed by atoms with Crippen LogP contribution in [0.4, 0.5) is 4.79 Å². The van der Waals surface area contributed by atoms with Gasteiger partial charge in [-0.15, -0.1) is 0 Å². The van der Waals surface area contributed by atoms with Crippen LogP contribution in [0, 0.1) is 0 Å². The first-order valence-electron chi connectivity index (χ1n) is 8.60. The van der Waals surface area contributed by atoms with Gasteiger partial charge in [0.1, 0.15) is 16.9 Å². The van der Waals surface area contributed by atoms with Gasteiger partial charge in [0.25, 0.3) is 0 Å². The molecule has 0 aliphatic carbocycles. The molecular formula is C19H22ClN3O4. The zero-order valence-electron chi connectivity index (χ0n) is 15.3. The van der Waals surface area contributed by atoms with E-state index < -0.39 is 0 Å². The van der Waals surface area contributed by atoms with Gasteiger partial charge < -0.3 is 24.4 Å². The third-order valence-electron chi connectivity index (χ3n) is 4.35. The molecule has 1 saturated heterocycles. The predicted octanol–water partition coefficient (Wildman–Crippen LogP) is 3.12. The van der Waals surface area contributed by atoms with Crippen molar-refractivity contribution in [3.05, 3.63) is 47.2 Å². The first-order valence-corrected chi connectivity index (χ1v) is 8.98. The Hall–Kier alpha value is -2.67. The molecule has 8 heteroatoms. The summed E-state index contributed by atoms with van der Waals surface area (Å²) >= 11 is 6.07. The number of likely N-dealkylation sites (tertiary alicyclic amines) is 1. The molecule has 0 radical (unpaired) electrons. The Labute approximate surface area is 163 Å². The lowest BCUT2D eigenvalue weighted by atomic mass is 10.2. The van der Waals surface area contributed by atoms with Crippen molar-refractivity contribution >= 4 is 17.6 Å². The summed E-state index contributed by atoms with van der Waals surface area (Å²) < 4.78 is 16.4. The molecule has 144 valence electrons. The minimum atomic E-state index is -0.128. The van der Waals surface area contributed by atoms with Gasteiger partial charge in [0.15, 0.2) is 11.5 Å². The molecule has 0 bridgehead atoms. The van der Waals surface area contributed by atoms with Crippen molar-refractivity contribution in [2.24, 2.45) is 0 Å². The van der Waals surface area contributed by atoms with Crippen molar-refractivity contribution in [1.82, 2.24) is 15.2 Å². The summed E-state index contributed by atoms with van der Waals surface area (Å²) in [6.45, 7) is 1.54. The summed E-state index contributed by atoms with van der Waals surface area (Å²) in [6, 6.07) is 7.15. The third kappa shape index (κ3) is 4.74. The zero-order valence-corrected chi connectivity index (χ0v) is 16.0. The largest absolute Gasteiger partial charge is 0.493 e. The quantitative estimate of drug-likeness (QED) is 0.819. The smallest absolute Gasteiger partial charge is 0.317 e. The molecule has 1 aliphatic rings. The second-order valence-electron chi connectivity index (χ2n) is 6.13. The number of rotatable bonds is 6. The first kappa shape index (κ1) is 19.1. The highest BCUT2D eigenvalue weighted by Crippen LogP contribution is 2.28. The molecule has 27 heavy (non-hydrogen) atoms. The molecule has 1 fully saturated rings. The van der Waals surface area contributed by atoms with Crippen molar-refractivity contribution < 1.29 is 19.0 Å². The maximum absolute atomic E-state index is 12.4. The molecule has 2 aromatic rings. The number of nitrogens with zero attached hydrogens (tertiary/aromatic N) is 2. The van der Waals surface area contributed by atoms with Gasteiger partial charge in [-0.3, -0.25) is 4.98 Å². The molecule has 2 heterocycles. The van der Waals surface area contributed by atoms with Crippen LogP contribution in [0.3, 0.4) is 0 Å². The SMILES string of the molecule is COc1ccc(CNC(=O)N2CCC(Oc3ccncc3Cl)C2)cc1OC. The van der Waals surface area contributed by atoms with Crippen LogP contribution >= 0.6 is 11.6 Å². The number of halogens is 1. The van der Waals surface area contributed by atoms with E-state index in [1.165, 1.54) is 0 Å². The molecule has 1 N–H and O–H groups in total. The molecule has 0 saturated carbocycles. The van der Waals surface area contributed by atoms with E-state index in [4.69, 9.17) is 25.8 Å². The first-order chi connectivity index (χ1) is 13.1. The molecular weight excluding hydrogens is 370 g/mol. The van der Waals surface area contributed by atoms with Gasteiger partial charge in [0.2, 0.25) is 0 Å². The molecule has 1 aromatic heterocycles. The van der Waals surface area contributed by atoms with E-state index in [9.17, 15) is 4.79 Å². The third-order valence-corrected chi connectivity index (χ3v) is 4.64. The van der Waals surface area contributed by atoms with Crippen LogP contribution in [0.1, 0.15) is 12.0 Å². The highest BCUT2D eigenvalue weighted by molar-refractivity contribution is 6.31. The minimum absolute atomic E-state index is 0.0864. The van der Waals surface area contributed by atoms with E-state index in [1.807, 2.05) is 18.2 Å². The van der Waals surface area contributed by atoms with Gasteiger partial charge in [-0.1, -0.05) is 17.7 Å². The standard InChI is InChI=1S/C19H22ClN3O4/c1-25-17-4-3-13(9-18(17)26-2)10-22-19(24)23-8-6-14(12-23)27-16-5-7-21-11-15(16)20/h3-5,7,9,11,14H,6,8,10,12H2,1-2H3,(H,22,24). The number of urea groups is 1. The lowest BCUT2D eigenvalue weighted by Gasteiger charge is -2.18. The normalized spacial score (nSPS) is 16.1. The second-order valence-corrected chi connectivity index (χ2v) is 6.54. The van der Waals surface area contributed by atoms with Gasteiger partial charge in [-0.05, 0) is 17.7 Å². The Morgan fingerprint density at radius 3 is 2.81 bits per heavy atom. The lowest BCUT2D eigenvalue weighted by Crippen LogP contribution is -2.39. The number of nitrogens with one attached hydrogen (secondary N) is 1. The number of amides is 2. The Morgan fingerprint density at radius 2 is 2.07 bits per heavy atom. The van der Waals surface area contributed by atoms with E-state index in [2.05, 4.69) is 10.3 Å². The summed E-state index contributed by atoms with van der Waals surface area (Å²) in [6.07, 6.45) is 3.84. The Bertz CT molecular complexity index is 802. The van der Waals surface area contributed by atoms with E-state index >= 15 is 0 Å². The summed E-state index contributed by atoms with van der Waals surface area (Å²) in [5.41, 5.74) is 0.927. The number of hydrogen-bond acceptors (Lipinski definition) is 5. The van der Waals surface area contributed by atoms with E-state index in [1.54, 1.807) is 37.6 Å². The molecule has 2 amide bonds. The number of carbonyl (C=O) groups is 1. The molecule has 1 unspecified atom stereocenters. The topological polar surface area (TPSA) is 72.9 Å². The van der Waals surface area contributed by atoms with E-state index in [-0.39, 0.29) is 12.1 Å². The van der Waals surface area contributed by atoms with E-state index in [0.29, 0.717) is 41.9 Å². The van der Waals surface area contributed by atoms with Crippen molar-refractivity contribution in [1.29, 1.82) is 0 Å². The average molecular weight is 392 g/mol. The molecule has 0 spiro atoms. The number of hydrogen-bond donors (Lipinski definition) is 1. The Kier molecular flexibility index (Phi) is 6.24. The van der Waals surface area contributed by atoms with Crippen LogP contribution < -0.4 is 19.5 Å². The Morgan fingerprint density at radius 1 is 1.26 bits per heavy atom. The zero-order chi connectivity index (χ0) is 19.2. The number of benzene rings is 1. The van der Waals surface area contributed by atoms with Crippen LogP contribution in [0.25, 0.3) is 0 Å². The molecule has 1 aliphatic heterocycles. The number of methoxy groups -OCH3 is 2. The van der Waals surface area contributed by atoms with Crippen LogP contribution in [0.2, 0.25) is 5.02 Å². The summed E-state index contributed by atoms with van der Waals surface area (Å²) in [4.78, 5) is 18.1. The summed E-state index contributed by atoms with van der Waals surface area (Å²) in [7, 11) is 3.17. The average Bonchev–Trinajstić information content (AvgIpc) is 3.16. The van der Waals surface area contributed by atoms with Gasteiger partial charge in [-0.25, -0.2) is 4.79 Å². The van der Waals surface area contributed by atoms with Gasteiger partial charge in [0.05, 0.1) is 20.8 Å². The number of ether oxygens (including phenoxy) is 3. The molecule has 1 atom stereocenters. The van der Waals surface area contributed by atoms with Crippen LogP contribution in [0.5, 0.6) is 17.2 Å². The summed E-state index contributed by atoms with van der Waals surface area (Å²) in [5.74, 6) is 1.87. The fourth-order valence-electron chi connectivity index (χ4n) is 2.93. The van der Waals surface area contributed by atoms with Crippen LogP contribution in [0.15, 0.2) is 36.7 Å². The lowest BCUT2D eigenvalue weighted by molar-refractivity contribution is 0.186. The van der Waals surface area contributed by atoms with Gasteiger partial charge in [0, 0.05) is 38.0 Å². The maximum Gasteiger partial charge on any atom is 0.317 e. The van der Waals surface area contributed by atoms with Crippen molar-refractivity contribution in [3.63, 3.8) is 0 Å². The highest BCUT2D eigenvalue weighted by Gasteiger charge is 2.28. The monoisotopic (exact) mass is 391 g/mol. The molecule has 3 rings (SSSR count).